The summed E-state index contributed by atoms with van der Waals surface area (Å²) in [7, 11) is 1.95. The van der Waals surface area contributed by atoms with Crippen LogP contribution < -0.4 is 10.6 Å². The predicted octanol–water partition coefficient (Wildman–Crippen LogP) is 2.04. The molecule has 2 aliphatic heterocycles. The summed E-state index contributed by atoms with van der Waals surface area (Å²) in [6.45, 7) is 2.35. The Balaban J connectivity index is 1.62. The maximum Gasteiger partial charge on any atom is 0.238 e. The van der Waals surface area contributed by atoms with E-state index in [-0.39, 0.29) is 5.91 Å². The Bertz CT molecular complexity index is 611. The van der Waals surface area contributed by atoms with E-state index >= 15 is 0 Å². The molecule has 1 aromatic carbocycles. The molecule has 2 heterocycles. The van der Waals surface area contributed by atoms with E-state index in [9.17, 15) is 4.79 Å². The molecule has 0 bridgehead atoms. The molecular weight excluding hydrogens is 286 g/mol. The van der Waals surface area contributed by atoms with E-state index in [2.05, 4.69) is 24.3 Å². The van der Waals surface area contributed by atoms with Crippen molar-refractivity contribution in [2.75, 3.05) is 32.0 Å². The number of fused-ring (bicyclic) bond motifs is 1. The highest BCUT2D eigenvalue weighted by Gasteiger charge is 2.25. The van der Waals surface area contributed by atoms with E-state index in [0.717, 1.165) is 54.3 Å². The lowest BCUT2D eigenvalue weighted by Crippen LogP contribution is -2.41. The Kier molecular flexibility index (Phi) is 4.42. The third-order valence-corrected chi connectivity index (χ3v) is 4.39. The zero-order valence-electron chi connectivity index (χ0n) is 12.0. The fourth-order valence-electron chi connectivity index (χ4n) is 2.85. The number of carbonyl (C=O) groups is 1. The van der Waals surface area contributed by atoms with Gasteiger partial charge in [0.2, 0.25) is 5.91 Å². The molecule has 7 heteroatoms. The summed E-state index contributed by atoms with van der Waals surface area (Å²) in [6, 6.07) is 6.12. The molecule has 1 unspecified atom stereocenters. The van der Waals surface area contributed by atoms with Crippen LogP contribution in [0.5, 0.6) is 0 Å². The van der Waals surface area contributed by atoms with Gasteiger partial charge in [-0.15, -0.1) is 0 Å². The van der Waals surface area contributed by atoms with Crippen molar-refractivity contribution in [3.63, 3.8) is 0 Å². The number of hydrogen-bond acceptors (Lipinski definition) is 5. The fraction of sp³-hybridized carbons (Fsp3) is 0.500. The van der Waals surface area contributed by atoms with Crippen molar-refractivity contribution in [1.29, 1.82) is 0 Å². The van der Waals surface area contributed by atoms with Gasteiger partial charge in [0.1, 0.15) is 11.4 Å². The van der Waals surface area contributed by atoms with Crippen LogP contribution in [-0.4, -0.2) is 43.5 Å². The summed E-state index contributed by atoms with van der Waals surface area (Å²) >= 11 is 1.16. The van der Waals surface area contributed by atoms with E-state index in [4.69, 9.17) is 0 Å². The van der Waals surface area contributed by atoms with E-state index in [1.807, 2.05) is 25.2 Å². The molecule has 21 heavy (non-hydrogen) atoms. The van der Waals surface area contributed by atoms with Crippen LogP contribution in [0.15, 0.2) is 26.9 Å². The van der Waals surface area contributed by atoms with Crippen LogP contribution in [0, 0.1) is 0 Å². The molecule has 1 amide bonds. The second-order valence-electron chi connectivity index (χ2n) is 5.31. The lowest BCUT2D eigenvalue weighted by molar-refractivity contribution is -0.117. The summed E-state index contributed by atoms with van der Waals surface area (Å²) in [6.07, 6.45) is 2.31. The average Bonchev–Trinajstić information content (AvgIpc) is 3.09. The third kappa shape index (κ3) is 3.20. The van der Waals surface area contributed by atoms with E-state index in [0.29, 0.717) is 12.6 Å². The van der Waals surface area contributed by atoms with Gasteiger partial charge in [-0.1, -0.05) is 6.07 Å². The highest BCUT2D eigenvalue weighted by Crippen LogP contribution is 2.38. The number of likely N-dealkylation sites (tertiary alicyclic amines) is 1. The van der Waals surface area contributed by atoms with Gasteiger partial charge in [-0.2, -0.15) is 8.73 Å². The molecule has 6 nitrogen and oxygen atoms in total. The van der Waals surface area contributed by atoms with Crippen molar-refractivity contribution in [3.05, 3.63) is 18.2 Å². The minimum atomic E-state index is 0.0125. The number of anilines is 1. The minimum absolute atomic E-state index is 0.0125. The molecule has 3 rings (SSSR count). The summed E-state index contributed by atoms with van der Waals surface area (Å²) in [5, 5.41) is 6.16. The number of nitrogens with one attached hydrogen (secondary N) is 2. The first kappa shape index (κ1) is 14.4. The van der Waals surface area contributed by atoms with Crippen LogP contribution in [-0.2, 0) is 16.1 Å². The second kappa shape index (κ2) is 6.46. The van der Waals surface area contributed by atoms with Gasteiger partial charge >= 0.3 is 0 Å². The zero-order valence-corrected chi connectivity index (χ0v) is 12.8. The number of hydrogen-bond donors (Lipinski definition) is 2. The monoisotopic (exact) mass is 305 g/mol. The summed E-state index contributed by atoms with van der Waals surface area (Å²) in [4.78, 5) is 14.5. The van der Waals surface area contributed by atoms with Gasteiger partial charge in [0.05, 0.1) is 23.6 Å². The highest BCUT2D eigenvalue weighted by molar-refractivity contribution is 7.58. The van der Waals surface area contributed by atoms with Crippen LogP contribution in [0.1, 0.15) is 12.8 Å². The maximum atomic E-state index is 12.3. The molecule has 0 aliphatic carbocycles. The topological polar surface area (TPSA) is 69.1 Å². The fourth-order valence-corrected chi connectivity index (χ4v) is 3.40. The van der Waals surface area contributed by atoms with Gasteiger partial charge in [-0.05, 0) is 38.6 Å². The average molecular weight is 305 g/mol. The maximum absolute atomic E-state index is 12.3. The van der Waals surface area contributed by atoms with Gasteiger partial charge in [0.25, 0.3) is 0 Å². The van der Waals surface area contributed by atoms with E-state index in [1.54, 1.807) is 0 Å². The Hall–Kier alpha value is -1.57. The van der Waals surface area contributed by atoms with Crippen molar-refractivity contribution < 1.29 is 4.79 Å². The molecule has 1 aromatic rings. The molecule has 0 aromatic heterocycles. The lowest BCUT2D eigenvalue weighted by Gasteiger charge is -2.23. The van der Waals surface area contributed by atoms with Crippen LogP contribution in [0.2, 0.25) is 0 Å². The van der Waals surface area contributed by atoms with Crippen molar-refractivity contribution in [2.45, 2.75) is 18.9 Å². The molecule has 0 spiro atoms. The number of nitrogens with zero attached hydrogens (tertiary/aromatic N) is 3. The molecule has 1 atom stereocenters. The van der Waals surface area contributed by atoms with Gasteiger partial charge in [-0.3, -0.25) is 9.69 Å². The van der Waals surface area contributed by atoms with Crippen LogP contribution in [0.4, 0.5) is 17.1 Å². The normalized spacial score (nSPS) is 20.3. The van der Waals surface area contributed by atoms with Crippen molar-refractivity contribution >= 4 is 34.3 Å². The Morgan fingerprint density at radius 1 is 1.48 bits per heavy atom. The molecule has 1 fully saturated rings. The summed E-state index contributed by atoms with van der Waals surface area (Å²) < 4.78 is 8.43. The Labute approximate surface area is 127 Å². The lowest BCUT2D eigenvalue weighted by atomic mass is 10.2. The largest absolute Gasteiger partial charge is 0.323 e. The summed E-state index contributed by atoms with van der Waals surface area (Å²) in [5.74, 6) is 0.0125. The van der Waals surface area contributed by atoms with Crippen LogP contribution in [0.3, 0.4) is 0 Å². The highest BCUT2D eigenvalue weighted by atomic mass is 32.1. The number of carbonyl (C=O) groups excluding carboxylic acids is 1. The number of benzene rings is 1. The Morgan fingerprint density at radius 2 is 2.38 bits per heavy atom. The molecule has 1 saturated heterocycles. The first-order valence-electron chi connectivity index (χ1n) is 7.17. The van der Waals surface area contributed by atoms with E-state index < -0.39 is 0 Å². The predicted molar refractivity (Wildman–Crippen MR) is 85.1 cm³/mol. The van der Waals surface area contributed by atoms with Crippen molar-refractivity contribution in [1.82, 2.24) is 10.2 Å². The first-order chi connectivity index (χ1) is 10.3. The molecule has 0 radical (unpaired) electrons. The molecule has 0 saturated carbocycles. The molecule has 2 N–H and O–H groups in total. The first-order valence-corrected chi connectivity index (χ1v) is 7.91. The van der Waals surface area contributed by atoms with Crippen molar-refractivity contribution in [2.24, 2.45) is 8.73 Å². The SMILES string of the molecule is CNCC1CCCN1CC(=O)Nc1cccc2c1N=S=N2. The second-order valence-corrected chi connectivity index (χ2v) is 5.84. The van der Waals surface area contributed by atoms with Crippen LogP contribution >= 0.6 is 0 Å². The number of likely N-dealkylation sites (N-methyl/N-ethyl adjacent to an activating group) is 1. The quantitative estimate of drug-likeness (QED) is 0.888. The van der Waals surface area contributed by atoms with Gasteiger partial charge in [0.15, 0.2) is 0 Å². The van der Waals surface area contributed by atoms with Gasteiger partial charge in [0, 0.05) is 12.6 Å². The van der Waals surface area contributed by atoms with Gasteiger partial charge in [-0.25, -0.2) is 0 Å². The third-order valence-electron chi connectivity index (χ3n) is 3.85. The molecular formula is C14H19N5OS. The summed E-state index contributed by atoms with van der Waals surface area (Å²) in [5.41, 5.74) is 2.34. The number of rotatable bonds is 5. The standard InChI is InChI=1S/C14H19N5OS/c1-15-8-10-4-3-7-19(10)9-13(20)16-11-5-2-6-12-14(11)18-21-17-12/h2,5-6,10,15H,3-4,7-9H2,1H3,(H,16,20). The van der Waals surface area contributed by atoms with E-state index in [1.165, 1.54) is 0 Å². The molecule has 112 valence electrons. The van der Waals surface area contributed by atoms with Crippen LogP contribution in [0.25, 0.3) is 0 Å². The smallest absolute Gasteiger partial charge is 0.238 e. The Morgan fingerprint density at radius 3 is 3.24 bits per heavy atom. The van der Waals surface area contributed by atoms with Gasteiger partial charge < -0.3 is 10.6 Å². The van der Waals surface area contributed by atoms with Crippen molar-refractivity contribution in [3.8, 4) is 0 Å². The zero-order chi connectivity index (χ0) is 14.7. The molecule has 2 aliphatic rings. The number of amides is 1. The minimum Gasteiger partial charge on any atom is -0.323 e.